The number of nitrogens with two attached hydrogens (primary N) is 1. The van der Waals surface area contributed by atoms with E-state index in [1.54, 1.807) is 11.3 Å². The predicted octanol–water partition coefficient (Wildman–Crippen LogP) is 3.21. The number of fused-ring (bicyclic) bond motifs is 1. The third kappa shape index (κ3) is 3.77. The van der Waals surface area contributed by atoms with Crippen molar-refractivity contribution in [3.8, 4) is 0 Å². The van der Waals surface area contributed by atoms with Crippen LogP contribution >= 0.6 is 23.7 Å². The Kier molecular flexibility index (Phi) is 5.26. The third-order valence-electron chi connectivity index (χ3n) is 3.65. The Morgan fingerprint density at radius 1 is 1.24 bits per heavy atom. The van der Waals surface area contributed by atoms with Gasteiger partial charge in [-0.25, -0.2) is 0 Å². The second-order valence-corrected chi connectivity index (χ2v) is 6.30. The number of hydrogen-bond donors (Lipinski definition) is 2. The van der Waals surface area contributed by atoms with E-state index in [1.807, 2.05) is 24.3 Å². The van der Waals surface area contributed by atoms with Gasteiger partial charge in [-0.05, 0) is 55.0 Å². The van der Waals surface area contributed by atoms with Gasteiger partial charge in [0, 0.05) is 17.1 Å². The van der Waals surface area contributed by atoms with E-state index in [9.17, 15) is 4.79 Å². The lowest BCUT2D eigenvalue weighted by molar-refractivity contribution is 0.0958. The molecule has 1 heterocycles. The Morgan fingerprint density at radius 2 is 2.00 bits per heavy atom. The summed E-state index contributed by atoms with van der Waals surface area (Å²) in [7, 11) is 0. The third-order valence-corrected chi connectivity index (χ3v) is 4.89. The maximum absolute atomic E-state index is 12.1. The van der Waals surface area contributed by atoms with Crippen LogP contribution in [0.15, 0.2) is 30.3 Å². The number of amides is 1. The number of rotatable bonds is 4. The molecule has 0 unspecified atom stereocenters. The maximum Gasteiger partial charge on any atom is 0.261 e. The molecule has 1 aliphatic rings. The van der Waals surface area contributed by atoms with Crippen LogP contribution in [0, 0.1) is 0 Å². The Balaban J connectivity index is 0.00000161. The molecule has 5 heteroatoms. The van der Waals surface area contributed by atoms with Gasteiger partial charge in [0.05, 0.1) is 4.88 Å². The van der Waals surface area contributed by atoms with E-state index >= 15 is 0 Å². The lowest BCUT2D eigenvalue weighted by Gasteiger charge is -2.04. The van der Waals surface area contributed by atoms with Crippen LogP contribution in [-0.4, -0.2) is 12.5 Å². The Labute approximate surface area is 135 Å². The van der Waals surface area contributed by atoms with Crippen LogP contribution in [0.2, 0.25) is 0 Å². The van der Waals surface area contributed by atoms with Crippen LogP contribution in [0.5, 0.6) is 0 Å². The molecule has 0 saturated heterocycles. The summed E-state index contributed by atoms with van der Waals surface area (Å²) in [5.41, 5.74) is 8.98. The maximum atomic E-state index is 12.1. The van der Waals surface area contributed by atoms with Crippen LogP contribution in [0.25, 0.3) is 0 Å². The van der Waals surface area contributed by atoms with Crippen molar-refractivity contribution in [1.82, 2.24) is 5.32 Å². The first-order valence-electron chi connectivity index (χ1n) is 6.96. The normalized spacial score (nSPS) is 12.6. The Morgan fingerprint density at radius 3 is 2.71 bits per heavy atom. The van der Waals surface area contributed by atoms with Crippen molar-refractivity contribution in [2.24, 2.45) is 0 Å². The molecule has 0 radical (unpaired) electrons. The second kappa shape index (κ2) is 6.96. The average molecular weight is 323 g/mol. The van der Waals surface area contributed by atoms with Crippen LogP contribution in [0.3, 0.4) is 0 Å². The van der Waals surface area contributed by atoms with Gasteiger partial charge in [0.25, 0.3) is 5.91 Å². The molecule has 0 spiro atoms. The predicted molar refractivity (Wildman–Crippen MR) is 90.5 cm³/mol. The number of aryl methyl sites for hydroxylation is 2. The molecule has 1 aliphatic carbocycles. The summed E-state index contributed by atoms with van der Waals surface area (Å²) < 4.78 is 0. The number of halogens is 1. The van der Waals surface area contributed by atoms with Crippen LogP contribution in [0.4, 0.5) is 5.69 Å². The number of benzene rings is 1. The number of nitrogen functional groups attached to an aromatic ring is 1. The van der Waals surface area contributed by atoms with E-state index in [0.717, 1.165) is 29.8 Å². The summed E-state index contributed by atoms with van der Waals surface area (Å²) in [6.07, 6.45) is 4.33. The van der Waals surface area contributed by atoms with Gasteiger partial charge in [0.15, 0.2) is 0 Å². The molecule has 0 fully saturated rings. The minimum absolute atomic E-state index is 0. The van der Waals surface area contributed by atoms with Gasteiger partial charge in [-0.3, -0.25) is 4.79 Å². The quantitative estimate of drug-likeness (QED) is 0.849. The number of anilines is 1. The Bertz CT molecular complexity index is 600. The molecule has 0 aliphatic heterocycles. The smallest absolute Gasteiger partial charge is 0.261 e. The second-order valence-electron chi connectivity index (χ2n) is 5.16. The molecule has 1 aromatic heterocycles. The highest BCUT2D eigenvalue weighted by Gasteiger charge is 2.17. The minimum atomic E-state index is 0. The highest BCUT2D eigenvalue weighted by Crippen LogP contribution is 2.30. The van der Waals surface area contributed by atoms with Crippen molar-refractivity contribution in [3.05, 3.63) is 51.2 Å². The van der Waals surface area contributed by atoms with Crippen LogP contribution < -0.4 is 11.1 Å². The van der Waals surface area contributed by atoms with E-state index in [4.69, 9.17) is 5.73 Å². The number of thiophene rings is 1. The number of hydrogen-bond acceptors (Lipinski definition) is 3. The molecule has 3 N–H and O–H groups in total. The molecular weight excluding hydrogens is 304 g/mol. The monoisotopic (exact) mass is 322 g/mol. The van der Waals surface area contributed by atoms with Gasteiger partial charge >= 0.3 is 0 Å². The molecule has 21 heavy (non-hydrogen) atoms. The van der Waals surface area contributed by atoms with Crippen molar-refractivity contribution in [1.29, 1.82) is 0 Å². The summed E-state index contributed by atoms with van der Waals surface area (Å²) in [6, 6.07) is 9.84. The molecule has 0 atom stereocenters. The van der Waals surface area contributed by atoms with Crippen LogP contribution in [-0.2, 0) is 19.3 Å². The molecule has 3 nitrogen and oxygen atoms in total. The van der Waals surface area contributed by atoms with Gasteiger partial charge in [-0.1, -0.05) is 12.1 Å². The first-order valence-corrected chi connectivity index (χ1v) is 7.78. The van der Waals surface area contributed by atoms with E-state index in [-0.39, 0.29) is 18.3 Å². The summed E-state index contributed by atoms with van der Waals surface area (Å²) in [4.78, 5) is 14.3. The molecule has 3 rings (SSSR count). The molecule has 0 bridgehead atoms. The summed E-state index contributed by atoms with van der Waals surface area (Å²) in [5, 5.41) is 2.99. The van der Waals surface area contributed by atoms with E-state index < -0.39 is 0 Å². The minimum Gasteiger partial charge on any atom is -0.399 e. The molecule has 1 aromatic carbocycles. The molecule has 0 saturated carbocycles. The summed E-state index contributed by atoms with van der Waals surface area (Å²) >= 11 is 1.65. The topological polar surface area (TPSA) is 55.1 Å². The zero-order valence-electron chi connectivity index (χ0n) is 11.7. The van der Waals surface area contributed by atoms with Crippen molar-refractivity contribution in [3.63, 3.8) is 0 Å². The van der Waals surface area contributed by atoms with Gasteiger partial charge in [-0.2, -0.15) is 0 Å². The van der Waals surface area contributed by atoms with Crippen molar-refractivity contribution in [2.45, 2.75) is 25.7 Å². The van der Waals surface area contributed by atoms with Crippen molar-refractivity contribution < 1.29 is 4.79 Å². The molecule has 112 valence electrons. The van der Waals surface area contributed by atoms with Crippen molar-refractivity contribution >= 4 is 35.3 Å². The van der Waals surface area contributed by atoms with Crippen molar-refractivity contribution in [2.75, 3.05) is 12.3 Å². The van der Waals surface area contributed by atoms with Gasteiger partial charge in [0.2, 0.25) is 0 Å². The molecular formula is C16H19ClN2OS. The number of carbonyl (C=O) groups is 1. The fraction of sp³-hybridized carbons (Fsp3) is 0.312. The lowest BCUT2D eigenvalue weighted by Crippen LogP contribution is -2.24. The fourth-order valence-corrected chi connectivity index (χ4v) is 3.70. The Hall–Kier alpha value is -1.52. The van der Waals surface area contributed by atoms with E-state index in [0.29, 0.717) is 6.54 Å². The first kappa shape index (κ1) is 15.9. The van der Waals surface area contributed by atoms with E-state index in [2.05, 4.69) is 11.4 Å². The average Bonchev–Trinajstić information content (AvgIpc) is 3.02. The lowest BCUT2D eigenvalue weighted by atomic mass is 10.1. The van der Waals surface area contributed by atoms with Gasteiger partial charge < -0.3 is 11.1 Å². The number of carbonyl (C=O) groups excluding carboxylic acids is 1. The zero-order chi connectivity index (χ0) is 13.9. The summed E-state index contributed by atoms with van der Waals surface area (Å²) in [6.45, 7) is 0.658. The van der Waals surface area contributed by atoms with Gasteiger partial charge in [-0.15, -0.1) is 23.7 Å². The highest BCUT2D eigenvalue weighted by molar-refractivity contribution is 7.14. The highest BCUT2D eigenvalue weighted by atomic mass is 35.5. The zero-order valence-corrected chi connectivity index (χ0v) is 13.4. The fourth-order valence-electron chi connectivity index (χ4n) is 2.53. The summed E-state index contributed by atoms with van der Waals surface area (Å²) in [5.74, 6) is 0.0554. The van der Waals surface area contributed by atoms with Crippen LogP contribution in [0.1, 0.15) is 32.1 Å². The SMILES string of the molecule is Cl.Nc1ccc(CCNC(=O)c2cc3c(s2)CCC3)cc1. The molecule has 2 aromatic rings. The largest absolute Gasteiger partial charge is 0.399 e. The van der Waals surface area contributed by atoms with Gasteiger partial charge in [0.1, 0.15) is 0 Å². The number of nitrogens with one attached hydrogen (secondary N) is 1. The standard InChI is InChI=1S/C16H18N2OS.ClH/c17-13-6-4-11(5-7-13)8-9-18-16(19)15-10-12-2-1-3-14(12)20-15;/h4-7,10H,1-3,8-9,17H2,(H,18,19);1H. The first-order chi connectivity index (χ1) is 9.72. The van der Waals surface area contributed by atoms with E-state index in [1.165, 1.54) is 22.4 Å². The molecule has 1 amide bonds.